The molecule has 0 saturated carbocycles. The van der Waals surface area contributed by atoms with Gasteiger partial charge in [0.2, 0.25) is 0 Å². The molecule has 4 aromatic carbocycles. The molecule has 2 unspecified atom stereocenters. The number of nitrogens with zero attached hydrogens (tertiary/aromatic N) is 2. The topological polar surface area (TPSA) is 121 Å². The Hall–Kier alpha value is -5.32. The zero-order chi connectivity index (χ0) is 34.4. The Labute approximate surface area is 291 Å². The van der Waals surface area contributed by atoms with Crippen molar-refractivity contribution in [2.45, 2.75) is 37.9 Å². The minimum atomic E-state index is -0.349. The molecule has 0 spiro atoms. The second-order valence-electron chi connectivity index (χ2n) is 12.0. The molecular weight excluding hydrogens is 636 g/mol. The molecular formula is C40H40N2O8. The van der Waals surface area contributed by atoms with Crippen molar-refractivity contribution in [2.24, 2.45) is 9.98 Å². The zero-order valence-corrected chi connectivity index (χ0v) is 27.8. The number of ether oxygens (including phenoxy) is 6. The van der Waals surface area contributed by atoms with Crippen molar-refractivity contribution in [2.75, 3.05) is 39.6 Å². The predicted molar refractivity (Wildman–Crippen MR) is 190 cm³/mol. The number of unbranched alkanes of at least 4 members (excludes halogenated alkanes) is 3. The third-order valence-electron chi connectivity index (χ3n) is 7.87. The average Bonchev–Trinajstić information content (AvgIpc) is 4.10. The molecule has 2 aliphatic heterocycles. The van der Waals surface area contributed by atoms with Crippen LogP contribution < -0.4 is 9.47 Å². The quantitative estimate of drug-likeness (QED) is 0.0439. The van der Waals surface area contributed by atoms with Gasteiger partial charge in [0.05, 0.1) is 48.9 Å². The molecule has 2 atom stereocenters. The van der Waals surface area contributed by atoms with Crippen LogP contribution in [-0.2, 0) is 18.9 Å². The number of carbonyl (C=O) groups is 2. The Bertz CT molecular complexity index is 1600. The molecule has 0 aliphatic carbocycles. The summed E-state index contributed by atoms with van der Waals surface area (Å²) in [5, 5.41) is 0. The van der Waals surface area contributed by atoms with E-state index in [0.29, 0.717) is 50.8 Å². The number of rotatable bonds is 19. The molecule has 6 rings (SSSR count). The highest BCUT2D eigenvalue weighted by atomic mass is 16.6. The van der Waals surface area contributed by atoms with Crippen LogP contribution in [0.15, 0.2) is 107 Å². The maximum atomic E-state index is 12.1. The lowest BCUT2D eigenvalue weighted by molar-refractivity contribution is 0.0468. The summed E-state index contributed by atoms with van der Waals surface area (Å²) in [5.41, 5.74) is 4.42. The van der Waals surface area contributed by atoms with E-state index in [1.807, 2.05) is 72.8 Å². The molecule has 10 heteroatoms. The van der Waals surface area contributed by atoms with Crippen LogP contribution in [0.1, 0.15) is 57.5 Å². The van der Waals surface area contributed by atoms with Crippen LogP contribution in [-0.4, -0.2) is 76.2 Å². The van der Waals surface area contributed by atoms with Crippen LogP contribution in [0, 0.1) is 0 Å². The van der Waals surface area contributed by atoms with Gasteiger partial charge in [-0.1, -0.05) is 24.3 Å². The van der Waals surface area contributed by atoms with Gasteiger partial charge in [0.1, 0.15) is 36.9 Å². The normalized spacial score (nSPS) is 16.3. The molecule has 0 aromatic heterocycles. The van der Waals surface area contributed by atoms with Crippen molar-refractivity contribution in [3.05, 3.63) is 119 Å². The second kappa shape index (κ2) is 17.9. The van der Waals surface area contributed by atoms with Gasteiger partial charge in [-0.25, -0.2) is 9.59 Å². The van der Waals surface area contributed by atoms with Crippen LogP contribution in [0.4, 0.5) is 11.4 Å². The third kappa shape index (κ3) is 11.7. The monoisotopic (exact) mass is 676 g/mol. The van der Waals surface area contributed by atoms with Crippen molar-refractivity contribution in [3.8, 4) is 11.5 Å². The van der Waals surface area contributed by atoms with Crippen LogP contribution in [0.5, 0.6) is 11.5 Å². The lowest BCUT2D eigenvalue weighted by atomic mass is 10.1. The first kappa shape index (κ1) is 34.5. The van der Waals surface area contributed by atoms with Crippen molar-refractivity contribution >= 4 is 35.7 Å². The summed E-state index contributed by atoms with van der Waals surface area (Å²) in [7, 11) is 0. The summed E-state index contributed by atoms with van der Waals surface area (Å²) >= 11 is 0. The number of hydrogen-bond acceptors (Lipinski definition) is 10. The Morgan fingerprint density at radius 2 is 0.940 bits per heavy atom. The van der Waals surface area contributed by atoms with E-state index in [-0.39, 0.29) is 24.1 Å². The van der Waals surface area contributed by atoms with E-state index in [1.165, 1.54) is 0 Å². The molecule has 2 fully saturated rings. The smallest absolute Gasteiger partial charge is 0.338 e. The first-order chi connectivity index (χ1) is 24.6. The van der Waals surface area contributed by atoms with Gasteiger partial charge >= 0.3 is 11.9 Å². The molecule has 2 aliphatic rings. The first-order valence-corrected chi connectivity index (χ1v) is 16.9. The van der Waals surface area contributed by atoms with Gasteiger partial charge in [0, 0.05) is 12.4 Å². The van der Waals surface area contributed by atoms with Crippen molar-refractivity contribution in [3.63, 3.8) is 0 Å². The highest BCUT2D eigenvalue weighted by Gasteiger charge is 2.25. The SMILES string of the molecule is O=C(OCC1CO1)c1ccc(C=Nc2ccc(OCCCCCCOc3ccc(N=Cc4ccc(C(=O)OCC5CO5)cc4)cc3)cc2)cc1. The van der Waals surface area contributed by atoms with E-state index in [9.17, 15) is 9.59 Å². The summed E-state index contributed by atoms with van der Waals surface area (Å²) in [4.78, 5) is 33.1. The Balaban J connectivity index is 0.805. The number of benzene rings is 4. The van der Waals surface area contributed by atoms with Gasteiger partial charge < -0.3 is 28.4 Å². The van der Waals surface area contributed by atoms with Crippen LogP contribution >= 0.6 is 0 Å². The number of aliphatic imine (C=N–C) groups is 2. The van der Waals surface area contributed by atoms with Gasteiger partial charge in [0.25, 0.3) is 0 Å². The summed E-state index contributed by atoms with van der Waals surface area (Å²) in [6, 6.07) is 29.6. The fourth-order valence-electron chi connectivity index (χ4n) is 4.74. The van der Waals surface area contributed by atoms with Crippen LogP contribution in [0.25, 0.3) is 0 Å². The van der Waals surface area contributed by atoms with Gasteiger partial charge in [-0.3, -0.25) is 9.98 Å². The maximum absolute atomic E-state index is 12.1. The minimum absolute atomic E-state index is 0.0525. The largest absolute Gasteiger partial charge is 0.494 e. The van der Waals surface area contributed by atoms with E-state index in [0.717, 1.165) is 59.7 Å². The van der Waals surface area contributed by atoms with E-state index < -0.39 is 0 Å². The first-order valence-electron chi connectivity index (χ1n) is 16.9. The van der Waals surface area contributed by atoms with E-state index in [1.54, 1.807) is 36.7 Å². The molecule has 2 heterocycles. The van der Waals surface area contributed by atoms with E-state index in [2.05, 4.69) is 9.98 Å². The lowest BCUT2D eigenvalue weighted by Crippen LogP contribution is -2.09. The minimum Gasteiger partial charge on any atom is -0.494 e. The molecule has 4 aromatic rings. The summed E-state index contributed by atoms with van der Waals surface area (Å²) in [5.74, 6) is 0.931. The lowest BCUT2D eigenvalue weighted by Gasteiger charge is -2.08. The van der Waals surface area contributed by atoms with Gasteiger partial charge in [-0.2, -0.15) is 0 Å². The zero-order valence-electron chi connectivity index (χ0n) is 27.8. The molecule has 0 radical (unpaired) electrons. The summed E-state index contributed by atoms with van der Waals surface area (Å²) in [6.07, 6.45) is 7.67. The molecule has 258 valence electrons. The molecule has 0 amide bonds. The fourth-order valence-corrected chi connectivity index (χ4v) is 4.74. The van der Waals surface area contributed by atoms with Crippen molar-refractivity contribution < 1.29 is 38.0 Å². The second-order valence-corrected chi connectivity index (χ2v) is 12.0. The van der Waals surface area contributed by atoms with Crippen molar-refractivity contribution in [1.29, 1.82) is 0 Å². The van der Waals surface area contributed by atoms with Gasteiger partial charge in [0.15, 0.2) is 0 Å². The Kier molecular flexibility index (Phi) is 12.4. The standard InChI is InChI=1S/C40H40N2O8/c43-39(49-27-37-25-47-37)31-9-5-29(6-10-31)23-41-33-13-17-35(18-14-33)45-21-3-1-2-4-22-46-36-19-15-34(16-20-36)42-24-30-7-11-32(12-8-30)40(44)50-28-38-26-48-38/h5-20,23-24,37-38H,1-4,21-22,25-28H2. The molecule has 2 saturated heterocycles. The average molecular weight is 677 g/mol. The van der Waals surface area contributed by atoms with E-state index in [4.69, 9.17) is 28.4 Å². The molecule has 50 heavy (non-hydrogen) atoms. The van der Waals surface area contributed by atoms with Crippen LogP contribution in [0.3, 0.4) is 0 Å². The third-order valence-corrected chi connectivity index (χ3v) is 7.87. The molecule has 10 nitrogen and oxygen atoms in total. The number of epoxide rings is 2. The van der Waals surface area contributed by atoms with E-state index >= 15 is 0 Å². The highest BCUT2D eigenvalue weighted by molar-refractivity contribution is 5.92. The number of carbonyl (C=O) groups excluding carboxylic acids is 2. The molecule has 0 N–H and O–H groups in total. The number of esters is 2. The fraction of sp³-hybridized carbons (Fsp3) is 0.300. The summed E-state index contributed by atoms with van der Waals surface area (Å²) in [6.45, 7) is 3.22. The number of hydrogen-bond donors (Lipinski definition) is 0. The predicted octanol–water partition coefficient (Wildman–Crippen LogP) is 7.32. The Morgan fingerprint density at radius 3 is 1.30 bits per heavy atom. The molecule has 0 bridgehead atoms. The summed E-state index contributed by atoms with van der Waals surface area (Å²) < 4.78 is 32.3. The van der Waals surface area contributed by atoms with Gasteiger partial charge in [-0.15, -0.1) is 0 Å². The Morgan fingerprint density at radius 1 is 0.560 bits per heavy atom. The van der Waals surface area contributed by atoms with Gasteiger partial charge in [-0.05, 0) is 110 Å². The maximum Gasteiger partial charge on any atom is 0.338 e. The highest BCUT2D eigenvalue weighted by Crippen LogP contribution is 2.21. The van der Waals surface area contributed by atoms with Crippen LogP contribution in [0.2, 0.25) is 0 Å². The van der Waals surface area contributed by atoms with Crippen molar-refractivity contribution in [1.82, 2.24) is 0 Å².